The predicted octanol–water partition coefficient (Wildman–Crippen LogP) is 3.15. The lowest BCUT2D eigenvalue weighted by Gasteiger charge is -2.35. The van der Waals surface area contributed by atoms with E-state index in [9.17, 15) is 4.79 Å². The summed E-state index contributed by atoms with van der Waals surface area (Å²) in [7, 11) is 1.67. The molecule has 1 aliphatic heterocycles. The van der Waals surface area contributed by atoms with Crippen molar-refractivity contribution in [3.05, 3.63) is 29.8 Å². The Morgan fingerprint density at radius 3 is 2.58 bits per heavy atom. The molecule has 0 spiro atoms. The summed E-state index contributed by atoms with van der Waals surface area (Å²) in [5.41, 5.74) is 0.945. The van der Waals surface area contributed by atoms with E-state index in [-0.39, 0.29) is 11.7 Å². The molecule has 0 aromatic heterocycles. The minimum absolute atomic E-state index is 0.0540. The average Bonchev–Trinajstić information content (AvgIpc) is 2.34. The van der Waals surface area contributed by atoms with Gasteiger partial charge in [0, 0.05) is 12.8 Å². The number of carbonyl (C=O) groups is 1. The molecule has 0 N–H and O–H groups in total. The molecule has 2 rings (SSSR count). The van der Waals surface area contributed by atoms with Crippen LogP contribution in [0.3, 0.4) is 0 Å². The summed E-state index contributed by atoms with van der Waals surface area (Å²) in [5, 5.41) is 0. The second kappa shape index (κ2) is 5.74. The summed E-state index contributed by atoms with van der Waals surface area (Å²) in [4.78, 5) is 11.7. The lowest BCUT2D eigenvalue weighted by molar-refractivity contribution is -0.148. The van der Waals surface area contributed by atoms with Crippen molar-refractivity contribution < 1.29 is 14.3 Å². The fraction of sp³-hybridized carbons (Fsp3) is 0.562. The molecule has 19 heavy (non-hydrogen) atoms. The number of methoxy groups -OCH3 is 1. The van der Waals surface area contributed by atoms with E-state index in [0.29, 0.717) is 18.6 Å². The van der Waals surface area contributed by atoms with Crippen LogP contribution in [-0.2, 0) is 16.0 Å². The Labute approximate surface area is 114 Å². The Bertz CT molecular complexity index is 434. The van der Waals surface area contributed by atoms with E-state index in [4.69, 9.17) is 9.47 Å². The van der Waals surface area contributed by atoms with E-state index >= 15 is 0 Å². The highest BCUT2D eigenvalue weighted by atomic mass is 16.5. The molecule has 1 atom stereocenters. The lowest BCUT2D eigenvalue weighted by atomic mass is 9.91. The van der Waals surface area contributed by atoms with Crippen molar-refractivity contribution in [1.82, 2.24) is 0 Å². The third-order valence-corrected chi connectivity index (χ3v) is 3.48. The third kappa shape index (κ3) is 4.06. The summed E-state index contributed by atoms with van der Waals surface area (Å²) in [6.07, 6.45) is 2.96. The van der Waals surface area contributed by atoms with Crippen LogP contribution in [0.2, 0.25) is 0 Å². The molecule has 104 valence electrons. The van der Waals surface area contributed by atoms with Crippen LogP contribution in [0.25, 0.3) is 0 Å². The number of hydrogen-bond donors (Lipinski definition) is 0. The molecule has 0 bridgehead atoms. The van der Waals surface area contributed by atoms with E-state index in [0.717, 1.165) is 18.6 Å². The first-order chi connectivity index (χ1) is 8.98. The summed E-state index contributed by atoms with van der Waals surface area (Å²) in [6, 6.07) is 8.06. The van der Waals surface area contributed by atoms with Crippen molar-refractivity contribution >= 4 is 5.78 Å². The van der Waals surface area contributed by atoms with Crippen LogP contribution in [0.15, 0.2) is 24.3 Å². The van der Waals surface area contributed by atoms with Crippen molar-refractivity contribution in [3.63, 3.8) is 0 Å². The van der Waals surface area contributed by atoms with Crippen molar-refractivity contribution in [3.8, 4) is 5.75 Å². The summed E-state index contributed by atoms with van der Waals surface area (Å²) < 4.78 is 11.1. The van der Waals surface area contributed by atoms with E-state index in [1.165, 1.54) is 5.56 Å². The van der Waals surface area contributed by atoms with Crippen LogP contribution in [0.4, 0.5) is 0 Å². The molecule has 1 aromatic rings. The number of hydrogen-bond acceptors (Lipinski definition) is 3. The maximum atomic E-state index is 11.7. The normalized spacial score (nSPS) is 22.3. The number of ether oxygens (including phenoxy) is 2. The molecule has 3 nitrogen and oxygen atoms in total. The highest BCUT2D eigenvalue weighted by molar-refractivity contribution is 5.80. The van der Waals surface area contributed by atoms with E-state index in [2.05, 4.69) is 12.1 Å². The highest BCUT2D eigenvalue weighted by Crippen LogP contribution is 2.28. The van der Waals surface area contributed by atoms with Crippen LogP contribution < -0.4 is 4.74 Å². The molecule has 0 saturated carbocycles. The zero-order valence-corrected chi connectivity index (χ0v) is 11.9. The van der Waals surface area contributed by atoms with Crippen molar-refractivity contribution in [1.29, 1.82) is 0 Å². The first-order valence-corrected chi connectivity index (χ1v) is 6.81. The van der Waals surface area contributed by atoms with Gasteiger partial charge in [0.2, 0.25) is 0 Å². The minimum Gasteiger partial charge on any atom is -0.497 e. The van der Waals surface area contributed by atoms with Gasteiger partial charge < -0.3 is 9.47 Å². The fourth-order valence-electron chi connectivity index (χ4n) is 2.62. The van der Waals surface area contributed by atoms with Gasteiger partial charge in [-0.25, -0.2) is 0 Å². The van der Waals surface area contributed by atoms with Crippen molar-refractivity contribution in [2.45, 2.75) is 51.2 Å². The number of carbonyl (C=O) groups excluding carboxylic acids is 1. The molecule has 0 radical (unpaired) electrons. The second-order valence-electron chi connectivity index (χ2n) is 5.81. The van der Waals surface area contributed by atoms with Crippen LogP contribution in [0, 0.1) is 0 Å². The van der Waals surface area contributed by atoms with Gasteiger partial charge in [-0.2, -0.15) is 0 Å². The van der Waals surface area contributed by atoms with Gasteiger partial charge in [0.15, 0.2) is 0 Å². The number of Topliss-reactive ketones (excluding diaryl/α,β-unsaturated/α-hetero) is 1. The minimum atomic E-state index is -0.306. The first kappa shape index (κ1) is 14.1. The summed E-state index contributed by atoms with van der Waals surface area (Å²) in [5.74, 6) is 1.19. The number of rotatable bonds is 4. The third-order valence-electron chi connectivity index (χ3n) is 3.48. The molecule has 1 heterocycles. The van der Waals surface area contributed by atoms with Crippen LogP contribution in [0.5, 0.6) is 5.75 Å². The van der Waals surface area contributed by atoms with Gasteiger partial charge in [0.1, 0.15) is 11.5 Å². The van der Waals surface area contributed by atoms with Gasteiger partial charge in [-0.3, -0.25) is 4.79 Å². The predicted molar refractivity (Wildman–Crippen MR) is 74.5 cm³/mol. The second-order valence-corrected chi connectivity index (χ2v) is 5.81. The molecular weight excluding hydrogens is 240 g/mol. The van der Waals surface area contributed by atoms with Gasteiger partial charge in [-0.05, 0) is 44.4 Å². The maximum absolute atomic E-state index is 11.7. The van der Waals surface area contributed by atoms with E-state index < -0.39 is 0 Å². The Hall–Kier alpha value is -1.35. The van der Waals surface area contributed by atoms with Crippen LogP contribution in [-0.4, -0.2) is 24.6 Å². The quantitative estimate of drug-likeness (QED) is 0.836. The Kier molecular flexibility index (Phi) is 4.25. The fourth-order valence-corrected chi connectivity index (χ4v) is 2.62. The Morgan fingerprint density at radius 2 is 2.00 bits per heavy atom. The van der Waals surface area contributed by atoms with Crippen LogP contribution >= 0.6 is 0 Å². The lowest BCUT2D eigenvalue weighted by Crippen LogP contribution is -2.40. The molecular formula is C16H22O3. The Balaban J connectivity index is 1.89. The SMILES string of the molecule is COc1ccc(CC[C@@H]2CC(=O)CC(C)(C)O2)cc1. The van der Waals surface area contributed by atoms with Crippen molar-refractivity contribution in [2.24, 2.45) is 0 Å². The molecule has 1 aromatic carbocycles. The zero-order chi connectivity index (χ0) is 13.9. The standard InChI is InChI=1S/C16H22O3/c1-16(2)11-13(17)10-15(19-16)9-6-12-4-7-14(18-3)8-5-12/h4-5,7-8,15H,6,9-11H2,1-3H3/t15-/m1/s1. The molecule has 1 saturated heterocycles. The molecule has 1 fully saturated rings. The average molecular weight is 262 g/mol. The highest BCUT2D eigenvalue weighted by Gasteiger charge is 2.33. The van der Waals surface area contributed by atoms with Crippen LogP contribution in [0.1, 0.15) is 38.7 Å². The van der Waals surface area contributed by atoms with Crippen molar-refractivity contribution in [2.75, 3.05) is 7.11 Å². The Morgan fingerprint density at radius 1 is 1.32 bits per heavy atom. The molecule has 3 heteroatoms. The number of ketones is 1. The molecule has 0 aliphatic carbocycles. The van der Waals surface area contributed by atoms with Gasteiger partial charge >= 0.3 is 0 Å². The number of aryl methyl sites for hydroxylation is 1. The summed E-state index contributed by atoms with van der Waals surface area (Å²) >= 11 is 0. The van der Waals surface area contributed by atoms with E-state index in [1.54, 1.807) is 7.11 Å². The molecule has 1 aliphatic rings. The monoisotopic (exact) mass is 262 g/mol. The van der Waals surface area contributed by atoms with E-state index in [1.807, 2.05) is 26.0 Å². The number of benzene rings is 1. The van der Waals surface area contributed by atoms with Gasteiger partial charge in [-0.15, -0.1) is 0 Å². The smallest absolute Gasteiger partial charge is 0.138 e. The first-order valence-electron chi connectivity index (χ1n) is 6.81. The summed E-state index contributed by atoms with van der Waals surface area (Å²) in [6.45, 7) is 3.98. The zero-order valence-electron chi connectivity index (χ0n) is 11.9. The molecule has 0 unspecified atom stereocenters. The van der Waals surface area contributed by atoms with Gasteiger partial charge in [-0.1, -0.05) is 12.1 Å². The molecule has 0 amide bonds. The maximum Gasteiger partial charge on any atom is 0.138 e. The topological polar surface area (TPSA) is 35.5 Å². The largest absolute Gasteiger partial charge is 0.497 e. The van der Waals surface area contributed by atoms with Gasteiger partial charge in [0.05, 0.1) is 18.8 Å². The van der Waals surface area contributed by atoms with Gasteiger partial charge in [0.25, 0.3) is 0 Å².